The zero-order chi connectivity index (χ0) is 12.1. The Balaban J connectivity index is 1.21. The van der Waals surface area contributed by atoms with Gasteiger partial charge < -0.3 is 9.47 Å². The number of hydrogen-bond donors (Lipinski definition) is 0. The van der Waals surface area contributed by atoms with E-state index < -0.39 is 0 Å². The summed E-state index contributed by atoms with van der Waals surface area (Å²) in [5.74, 6) is 2.82. The Morgan fingerprint density at radius 3 is 2.33 bits per heavy atom. The van der Waals surface area contributed by atoms with E-state index >= 15 is 0 Å². The molecule has 0 amide bonds. The van der Waals surface area contributed by atoms with Gasteiger partial charge >= 0.3 is 0 Å². The van der Waals surface area contributed by atoms with E-state index in [4.69, 9.17) is 9.47 Å². The first-order valence-corrected chi connectivity index (χ1v) is 8.10. The van der Waals surface area contributed by atoms with Gasteiger partial charge in [0.2, 0.25) is 0 Å². The Morgan fingerprint density at radius 2 is 1.61 bits per heavy atom. The smallest absolute Gasteiger partial charge is 0.0844 e. The maximum absolute atomic E-state index is 5.66. The largest absolute Gasteiger partial charge is 0.370 e. The molecule has 0 aromatic rings. The van der Waals surface area contributed by atoms with E-state index in [-0.39, 0.29) is 0 Å². The van der Waals surface area contributed by atoms with Crippen molar-refractivity contribution in [3.8, 4) is 0 Å². The minimum absolute atomic E-state index is 0.654. The fourth-order valence-corrected chi connectivity index (χ4v) is 4.44. The second-order valence-electron chi connectivity index (χ2n) is 7.23. The molecule has 4 fully saturated rings. The molecule has 2 heterocycles. The van der Waals surface area contributed by atoms with Gasteiger partial charge in [-0.15, -0.1) is 0 Å². The molecule has 4 rings (SSSR count). The van der Waals surface area contributed by atoms with Crippen LogP contribution in [0.5, 0.6) is 0 Å². The van der Waals surface area contributed by atoms with Crippen molar-refractivity contribution in [2.75, 3.05) is 0 Å². The highest BCUT2D eigenvalue weighted by molar-refractivity contribution is 4.94. The van der Waals surface area contributed by atoms with Gasteiger partial charge in [-0.05, 0) is 56.3 Å². The number of fused-ring (bicyclic) bond motifs is 2. The molecule has 2 aliphatic heterocycles. The minimum atomic E-state index is 0.654. The quantitative estimate of drug-likeness (QED) is 0.713. The Kier molecular flexibility index (Phi) is 2.92. The van der Waals surface area contributed by atoms with Crippen molar-refractivity contribution in [2.45, 2.75) is 82.7 Å². The van der Waals surface area contributed by atoms with E-state index in [1.54, 1.807) is 0 Å². The molecular weight excluding hydrogens is 224 g/mol. The van der Waals surface area contributed by atoms with Gasteiger partial charge in [-0.1, -0.05) is 19.8 Å². The SMILES string of the molecule is CC(CCC1CCC2OC2C1)C1CCC2OC2C1. The average molecular weight is 250 g/mol. The highest BCUT2D eigenvalue weighted by Gasteiger charge is 2.45. The molecular formula is C16H26O2. The summed E-state index contributed by atoms with van der Waals surface area (Å²) < 4.78 is 11.3. The summed E-state index contributed by atoms with van der Waals surface area (Å²) in [7, 11) is 0. The van der Waals surface area contributed by atoms with Crippen molar-refractivity contribution >= 4 is 0 Å². The zero-order valence-electron chi connectivity index (χ0n) is 11.5. The maximum atomic E-state index is 5.66. The first-order valence-electron chi connectivity index (χ1n) is 8.10. The zero-order valence-corrected chi connectivity index (χ0v) is 11.5. The van der Waals surface area contributed by atoms with Crippen molar-refractivity contribution in [2.24, 2.45) is 17.8 Å². The van der Waals surface area contributed by atoms with Crippen LogP contribution in [0.15, 0.2) is 0 Å². The standard InChI is InChI=1S/C16H26O2/c1-10(12-5-7-14-16(9-12)18-14)2-3-11-4-6-13-15(8-11)17-13/h10-16H,2-9H2,1H3. The first kappa shape index (κ1) is 11.7. The van der Waals surface area contributed by atoms with Crippen molar-refractivity contribution < 1.29 is 9.47 Å². The van der Waals surface area contributed by atoms with Crippen LogP contribution in [0.4, 0.5) is 0 Å². The van der Waals surface area contributed by atoms with Crippen LogP contribution >= 0.6 is 0 Å². The maximum Gasteiger partial charge on any atom is 0.0844 e. The fraction of sp³-hybridized carbons (Fsp3) is 1.00. The van der Waals surface area contributed by atoms with E-state index in [1.165, 1.54) is 51.4 Å². The van der Waals surface area contributed by atoms with Crippen molar-refractivity contribution in [1.82, 2.24) is 0 Å². The summed E-state index contributed by atoms with van der Waals surface area (Å²) in [6.07, 6.45) is 13.7. The van der Waals surface area contributed by atoms with Gasteiger partial charge in [-0.25, -0.2) is 0 Å². The summed E-state index contributed by atoms with van der Waals surface area (Å²) in [5.41, 5.74) is 0. The molecule has 2 aliphatic carbocycles. The van der Waals surface area contributed by atoms with Gasteiger partial charge in [0, 0.05) is 0 Å². The summed E-state index contributed by atoms with van der Waals surface area (Å²) >= 11 is 0. The summed E-state index contributed by atoms with van der Waals surface area (Å²) in [6.45, 7) is 2.48. The van der Waals surface area contributed by atoms with Gasteiger partial charge in [-0.2, -0.15) is 0 Å². The normalized spacial score (nSPS) is 51.2. The molecule has 18 heavy (non-hydrogen) atoms. The van der Waals surface area contributed by atoms with E-state index in [0.29, 0.717) is 24.4 Å². The lowest BCUT2D eigenvalue weighted by Gasteiger charge is -2.27. The Labute approximate surface area is 110 Å². The van der Waals surface area contributed by atoms with Crippen LogP contribution in [-0.2, 0) is 9.47 Å². The lowest BCUT2D eigenvalue weighted by atomic mass is 9.76. The molecule has 2 saturated carbocycles. The van der Waals surface area contributed by atoms with E-state index in [2.05, 4.69) is 6.92 Å². The summed E-state index contributed by atoms with van der Waals surface area (Å²) in [5, 5.41) is 0. The van der Waals surface area contributed by atoms with Crippen LogP contribution in [0.1, 0.15) is 58.3 Å². The minimum Gasteiger partial charge on any atom is -0.370 e. The highest BCUT2D eigenvalue weighted by atomic mass is 16.6. The molecule has 2 saturated heterocycles. The molecule has 0 bridgehead atoms. The van der Waals surface area contributed by atoms with E-state index in [1.807, 2.05) is 0 Å². The van der Waals surface area contributed by atoms with Crippen LogP contribution in [0, 0.1) is 17.8 Å². The van der Waals surface area contributed by atoms with E-state index in [9.17, 15) is 0 Å². The third-order valence-electron chi connectivity index (χ3n) is 5.99. The summed E-state index contributed by atoms with van der Waals surface area (Å²) in [6, 6.07) is 0. The fourth-order valence-electron chi connectivity index (χ4n) is 4.44. The molecule has 0 aromatic heterocycles. The van der Waals surface area contributed by atoms with Gasteiger partial charge in [0.15, 0.2) is 0 Å². The van der Waals surface area contributed by atoms with E-state index in [0.717, 1.165) is 17.8 Å². The van der Waals surface area contributed by atoms with Gasteiger partial charge in [0.1, 0.15) is 0 Å². The second kappa shape index (κ2) is 4.49. The molecule has 0 radical (unpaired) electrons. The van der Waals surface area contributed by atoms with Crippen LogP contribution in [-0.4, -0.2) is 24.4 Å². The van der Waals surface area contributed by atoms with Gasteiger partial charge in [0.25, 0.3) is 0 Å². The highest BCUT2D eigenvalue weighted by Crippen LogP contribution is 2.45. The molecule has 2 heteroatoms. The van der Waals surface area contributed by atoms with Crippen LogP contribution < -0.4 is 0 Å². The predicted octanol–water partition coefficient (Wildman–Crippen LogP) is 3.54. The topological polar surface area (TPSA) is 25.1 Å². The Morgan fingerprint density at radius 1 is 0.889 bits per heavy atom. The van der Waals surface area contributed by atoms with Crippen LogP contribution in [0.3, 0.4) is 0 Å². The van der Waals surface area contributed by atoms with Gasteiger partial charge in [0.05, 0.1) is 24.4 Å². The molecule has 102 valence electrons. The second-order valence-corrected chi connectivity index (χ2v) is 7.23. The van der Waals surface area contributed by atoms with Crippen molar-refractivity contribution in [3.05, 3.63) is 0 Å². The predicted molar refractivity (Wildman–Crippen MR) is 70.4 cm³/mol. The number of epoxide rings is 2. The Hall–Kier alpha value is -0.0800. The van der Waals surface area contributed by atoms with Crippen molar-refractivity contribution in [1.29, 1.82) is 0 Å². The lowest BCUT2D eigenvalue weighted by molar-refractivity contribution is 0.240. The lowest BCUT2D eigenvalue weighted by Crippen LogP contribution is -2.21. The molecule has 0 spiro atoms. The molecule has 2 nitrogen and oxygen atoms in total. The number of rotatable bonds is 4. The first-order chi connectivity index (χ1) is 8.79. The van der Waals surface area contributed by atoms with Gasteiger partial charge in [-0.3, -0.25) is 0 Å². The van der Waals surface area contributed by atoms with Crippen LogP contribution in [0.25, 0.3) is 0 Å². The third kappa shape index (κ3) is 2.34. The summed E-state index contributed by atoms with van der Waals surface area (Å²) in [4.78, 5) is 0. The molecule has 7 atom stereocenters. The molecule has 4 aliphatic rings. The average Bonchev–Trinajstić information content (AvgIpc) is 3.26. The molecule has 7 unspecified atom stereocenters. The van der Waals surface area contributed by atoms with Crippen molar-refractivity contribution in [3.63, 3.8) is 0 Å². The van der Waals surface area contributed by atoms with Crippen LogP contribution in [0.2, 0.25) is 0 Å². The molecule has 0 N–H and O–H groups in total. The number of ether oxygens (including phenoxy) is 2. The number of hydrogen-bond acceptors (Lipinski definition) is 2. The third-order valence-corrected chi connectivity index (χ3v) is 5.99. The molecule has 0 aromatic carbocycles. The monoisotopic (exact) mass is 250 g/mol. The Bertz CT molecular complexity index is 316.